The van der Waals surface area contributed by atoms with E-state index in [2.05, 4.69) is 79.6 Å². The molecule has 1 amide bonds. The Morgan fingerprint density at radius 1 is 1.36 bits per heavy atom. The van der Waals surface area contributed by atoms with Crippen LogP contribution in [-0.2, 0) is 0 Å². The van der Waals surface area contributed by atoms with Crippen molar-refractivity contribution in [1.82, 2.24) is 9.88 Å². The number of amides is 1. The fourth-order valence-corrected chi connectivity index (χ4v) is 4.67. The first-order valence-electron chi connectivity index (χ1n) is 10.1. The Morgan fingerprint density at radius 3 is 2.71 bits per heavy atom. The van der Waals surface area contributed by atoms with Gasteiger partial charge in [-0.05, 0) is 64.3 Å². The lowest BCUT2D eigenvalue weighted by atomic mass is 9.92. The molecule has 1 aromatic carbocycles. The molecule has 3 rings (SSSR count). The zero-order chi connectivity index (χ0) is 20.6. The predicted octanol–water partition coefficient (Wildman–Crippen LogP) is 5.98. The number of hydrogen-bond acceptors (Lipinski definition) is 2. The summed E-state index contributed by atoms with van der Waals surface area (Å²) >= 11 is 3.59. The number of carbonyl (C=O) groups is 1. The first-order valence-corrected chi connectivity index (χ1v) is 10.8. The van der Waals surface area contributed by atoms with Crippen molar-refractivity contribution in [2.24, 2.45) is 4.99 Å². The second kappa shape index (κ2) is 8.24. The molecule has 2 heterocycles. The molecule has 0 fully saturated rings. The Bertz CT molecular complexity index is 981. The molecule has 1 aromatic heterocycles. The van der Waals surface area contributed by atoms with Gasteiger partial charge in [0, 0.05) is 40.8 Å². The third-order valence-electron chi connectivity index (χ3n) is 5.60. The normalized spacial score (nSPS) is 17.4. The molecule has 0 aliphatic carbocycles. The molecule has 4 nitrogen and oxygen atoms in total. The van der Waals surface area contributed by atoms with Gasteiger partial charge in [0.05, 0.1) is 17.1 Å². The van der Waals surface area contributed by atoms with E-state index in [1.807, 2.05) is 6.07 Å². The van der Waals surface area contributed by atoms with E-state index in [1.54, 1.807) is 0 Å². The van der Waals surface area contributed by atoms with E-state index >= 15 is 0 Å². The minimum absolute atomic E-state index is 0.0302. The number of nitrogens with zero attached hydrogens (tertiary/aromatic N) is 2. The molecule has 1 aliphatic rings. The maximum Gasteiger partial charge on any atom is 0.252 e. The lowest BCUT2D eigenvalue weighted by Crippen LogP contribution is -2.31. The van der Waals surface area contributed by atoms with Gasteiger partial charge in [-0.15, -0.1) is 0 Å². The van der Waals surface area contributed by atoms with Gasteiger partial charge in [-0.1, -0.05) is 28.4 Å². The van der Waals surface area contributed by atoms with Gasteiger partial charge in [0.1, 0.15) is 0 Å². The number of fused-ring (bicyclic) bond motifs is 1. The highest BCUT2D eigenvalue weighted by Crippen LogP contribution is 2.31. The van der Waals surface area contributed by atoms with Crippen LogP contribution in [0.15, 0.2) is 38.9 Å². The number of nitrogens with one attached hydrogen (secondary N) is 1. The Labute approximate surface area is 176 Å². The van der Waals surface area contributed by atoms with Crippen LogP contribution >= 0.6 is 15.9 Å². The smallest absolute Gasteiger partial charge is 0.252 e. The molecule has 1 unspecified atom stereocenters. The number of carbonyl (C=O) groups excluding carboxylic acids is 1. The van der Waals surface area contributed by atoms with Crippen LogP contribution in [0.2, 0.25) is 0 Å². The summed E-state index contributed by atoms with van der Waals surface area (Å²) in [4.78, 5) is 17.9. The maximum absolute atomic E-state index is 13.2. The number of aromatic nitrogens is 1. The van der Waals surface area contributed by atoms with Crippen LogP contribution in [0.4, 0.5) is 0 Å². The zero-order valence-electron chi connectivity index (χ0n) is 17.7. The Kier molecular flexibility index (Phi) is 6.13. The average Bonchev–Trinajstić information content (AvgIpc) is 2.96. The molecule has 2 aromatic rings. The predicted molar refractivity (Wildman–Crippen MR) is 122 cm³/mol. The minimum Gasteiger partial charge on any atom is -0.348 e. The number of hydrogen-bond donors (Lipinski definition) is 1. The third kappa shape index (κ3) is 3.95. The van der Waals surface area contributed by atoms with Gasteiger partial charge in [-0.3, -0.25) is 9.79 Å². The van der Waals surface area contributed by atoms with Crippen molar-refractivity contribution in [3.05, 3.63) is 45.1 Å². The Hall–Kier alpha value is -1.88. The van der Waals surface area contributed by atoms with Gasteiger partial charge in [0.15, 0.2) is 0 Å². The van der Waals surface area contributed by atoms with Crippen molar-refractivity contribution in [3.63, 3.8) is 0 Å². The maximum atomic E-state index is 13.2. The number of allylic oxidation sites excluding steroid dienone is 1. The number of aliphatic imine (C=N–C) groups is 1. The fraction of sp³-hybridized carbons (Fsp3) is 0.478. The second-order valence-electron chi connectivity index (χ2n) is 8.04. The number of aryl methyl sites for hydroxylation is 1. The standard InChI is InChI=1S/C23H30BrN3O/c1-7-17-8-15(5)26-16(6)20(17)11-25-23(28)19-9-18(24)10-21-22(19)14(4)12-27(21)13(2)3/h9-10,12-13,16H,7-8,11H2,1-6H3,(H,25,28). The molecular formula is C23H30BrN3O. The fourth-order valence-electron chi connectivity index (χ4n) is 4.23. The van der Waals surface area contributed by atoms with Gasteiger partial charge >= 0.3 is 0 Å². The summed E-state index contributed by atoms with van der Waals surface area (Å²) in [5, 5.41) is 4.20. The molecule has 0 saturated carbocycles. The lowest BCUT2D eigenvalue weighted by molar-refractivity contribution is 0.0958. The highest BCUT2D eigenvalue weighted by molar-refractivity contribution is 9.10. The van der Waals surface area contributed by atoms with Gasteiger partial charge in [0.25, 0.3) is 5.91 Å². The lowest BCUT2D eigenvalue weighted by Gasteiger charge is -2.24. The van der Waals surface area contributed by atoms with E-state index in [0.717, 1.165) is 39.3 Å². The number of halogens is 1. The monoisotopic (exact) mass is 443 g/mol. The van der Waals surface area contributed by atoms with Crippen LogP contribution < -0.4 is 5.32 Å². The van der Waals surface area contributed by atoms with E-state index in [1.165, 1.54) is 16.9 Å². The highest BCUT2D eigenvalue weighted by Gasteiger charge is 2.21. The number of dihydropyridines is 1. The van der Waals surface area contributed by atoms with Crippen molar-refractivity contribution >= 4 is 38.5 Å². The third-order valence-corrected chi connectivity index (χ3v) is 6.05. The molecule has 1 aliphatic heterocycles. The number of rotatable bonds is 5. The second-order valence-corrected chi connectivity index (χ2v) is 8.96. The van der Waals surface area contributed by atoms with E-state index in [4.69, 9.17) is 4.99 Å². The van der Waals surface area contributed by atoms with Gasteiger partial charge in [0.2, 0.25) is 0 Å². The van der Waals surface area contributed by atoms with Gasteiger partial charge < -0.3 is 9.88 Å². The van der Waals surface area contributed by atoms with Crippen LogP contribution in [-0.4, -0.2) is 28.8 Å². The van der Waals surface area contributed by atoms with Crippen molar-refractivity contribution in [2.75, 3.05) is 6.54 Å². The van der Waals surface area contributed by atoms with Gasteiger partial charge in [-0.2, -0.15) is 0 Å². The molecular weight excluding hydrogens is 414 g/mol. The molecule has 5 heteroatoms. The molecule has 0 saturated heterocycles. The zero-order valence-corrected chi connectivity index (χ0v) is 19.3. The van der Waals surface area contributed by atoms with E-state index in [0.29, 0.717) is 12.6 Å². The molecule has 0 bridgehead atoms. The van der Waals surface area contributed by atoms with E-state index < -0.39 is 0 Å². The molecule has 1 N–H and O–H groups in total. The first-order chi connectivity index (χ1) is 13.2. The first kappa shape index (κ1) is 20.8. The largest absolute Gasteiger partial charge is 0.348 e. The van der Waals surface area contributed by atoms with Crippen LogP contribution in [0.3, 0.4) is 0 Å². The minimum atomic E-state index is -0.0302. The summed E-state index contributed by atoms with van der Waals surface area (Å²) in [6.07, 6.45) is 4.06. The quantitative estimate of drug-likeness (QED) is 0.567. The van der Waals surface area contributed by atoms with Crippen LogP contribution in [0.25, 0.3) is 10.9 Å². The average molecular weight is 444 g/mol. The summed E-state index contributed by atoms with van der Waals surface area (Å²) in [6.45, 7) is 13.3. The molecule has 0 spiro atoms. The summed E-state index contributed by atoms with van der Waals surface area (Å²) in [5.74, 6) is -0.0302. The van der Waals surface area contributed by atoms with Crippen LogP contribution in [0, 0.1) is 6.92 Å². The van der Waals surface area contributed by atoms with E-state index in [9.17, 15) is 4.79 Å². The number of benzene rings is 1. The van der Waals surface area contributed by atoms with Crippen LogP contribution in [0.1, 0.15) is 69.4 Å². The van der Waals surface area contributed by atoms with Crippen molar-refractivity contribution in [1.29, 1.82) is 0 Å². The summed E-state index contributed by atoms with van der Waals surface area (Å²) in [7, 11) is 0. The summed E-state index contributed by atoms with van der Waals surface area (Å²) in [6, 6.07) is 4.49. The summed E-state index contributed by atoms with van der Waals surface area (Å²) in [5.41, 5.74) is 6.78. The topological polar surface area (TPSA) is 46.4 Å². The van der Waals surface area contributed by atoms with Crippen molar-refractivity contribution in [3.8, 4) is 0 Å². The molecule has 150 valence electrons. The van der Waals surface area contributed by atoms with Crippen molar-refractivity contribution < 1.29 is 4.79 Å². The van der Waals surface area contributed by atoms with Crippen molar-refractivity contribution in [2.45, 2.75) is 66.5 Å². The van der Waals surface area contributed by atoms with Crippen LogP contribution in [0.5, 0.6) is 0 Å². The molecule has 0 radical (unpaired) electrons. The molecule has 1 atom stereocenters. The Balaban J connectivity index is 1.92. The molecule has 28 heavy (non-hydrogen) atoms. The highest BCUT2D eigenvalue weighted by atomic mass is 79.9. The summed E-state index contributed by atoms with van der Waals surface area (Å²) < 4.78 is 3.15. The SMILES string of the molecule is CCC1=C(CNC(=O)c2cc(Br)cc3c2c(C)cn3C(C)C)C(C)N=C(C)C1. The van der Waals surface area contributed by atoms with E-state index in [-0.39, 0.29) is 11.9 Å². The Morgan fingerprint density at radius 2 is 2.07 bits per heavy atom. The van der Waals surface area contributed by atoms with Gasteiger partial charge in [-0.25, -0.2) is 0 Å².